The molecule has 0 saturated carbocycles. The molecule has 116 valence electrons. The molecule has 0 unspecified atom stereocenters. The van der Waals surface area contributed by atoms with Crippen LogP contribution in [0.15, 0.2) is 57.3 Å². The van der Waals surface area contributed by atoms with Gasteiger partial charge in [0, 0.05) is 27.2 Å². The Labute approximate surface area is 146 Å². The van der Waals surface area contributed by atoms with Crippen LogP contribution in [-0.4, -0.2) is 23.4 Å². The predicted octanol–water partition coefficient (Wildman–Crippen LogP) is 5.04. The fourth-order valence-electron chi connectivity index (χ4n) is 2.01. The highest BCUT2D eigenvalue weighted by molar-refractivity contribution is 9.10. The molecule has 0 aliphatic rings. The normalized spacial score (nSPS) is 11.0. The highest BCUT2D eigenvalue weighted by atomic mass is 79.9. The average Bonchev–Trinajstić information content (AvgIpc) is 3.03. The van der Waals surface area contributed by atoms with Crippen LogP contribution in [0, 0.1) is 0 Å². The summed E-state index contributed by atoms with van der Waals surface area (Å²) in [5, 5.41) is 12.6. The van der Waals surface area contributed by atoms with E-state index in [2.05, 4.69) is 25.9 Å². The number of phenols is 1. The molecular formula is C17H13BrN2O2S. The van der Waals surface area contributed by atoms with Crippen LogP contribution in [0.3, 0.4) is 0 Å². The van der Waals surface area contributed by atoms with E-state index in [1.807, 2.05) is 29.6 Å². The minimum atomic E-state index is 0.0726. The Hall–Kier alpha value is -2.18. The van der Waals surface area contributed by atoms with Crippen molar-refractivity contribution < 1.29 is 9.84 Å². The first-order valence-corrected chi connectivity index (χ1v) is 8.46. The van der Waals surface area contributed by atoms with Gasteiger partial charge in [0.2, 0.25) is 5.13 Å². The van der Waals surface area contributed by atoms with Crippen LogP contribution in [-0.2, 0) is 0 Å². The monoisotopic (exact) mass is 388 g/mol. The highest BCUT2D eigenvalue weighted by Crippen LogP contribution is 2.30. The van der Waals surface area contributed by atoms with Gasteiger partial charge in [-0.2, -0.15) is 0 Å². The number of aliphatic imine (C=N–C) groups is 1. The predicted molar refractivity (Wildman–Crippen MR) is 97.2 cm³/mol. The topological polar surface area (TPSA) is 54.7 Å². The summed E-state index contributed by atoms with van der Waals surface area (Å²) in [6, 6.07) is 13.2. The smallest absolute Gasteiger partial charge is 0.209 e. The number of thiazole rings is 1. The maximum atomic E-state index is 10.0. The molecule has 0 bridgehead atoms. The van der Waals surface area contributed by atoms with Crippen LogP contribution in [0.25, 0.3) is 11.3 Å². The van der Waals surface area contributed by atoms with Gasteiger partial charge in [0.15, 0.2) is 11.5 Å². The van der Waals surface area contributed by atoms with Gasteiger partial charge in [-0.25, -0.2) is 9.98 Å². The second kappa shape index (κ2) is 6.93. The Morgan fingerprint density at radius 2 is 2.00 bits per heavy atom. The number of aromatic hydroxyl groups is 1. The van der Waals surface area contributed by atoms with Crippen LogP contribution < -0.4 is 4.74 Å². The van der Waals surface area contributed by atoms with E-state index < -0.39 is 0 Å². The van der Waals surface area contributed by atoms with Crippen molar-refractivity contribution in [2.24, 2.45) is 4.99 Å². The summed E-state index contributed by atoms with van der Waals surface area (Å²) in [5.41, 5.74) is 2.50. The first-order chi connectivity index (χ1) is 11.2. The number of rotatable bonds is 4. The standard InChI is InChI=1S/C17H13BrN2O2S/c1-22-15-4-2-3-12(16(15)21)9-19-17-20-14(10-23-17)11-5-7-13(18)8-6-11/h2-10,21H,1H3/b19-9+. The van der Waals surface area contributed by atoms with Crippen molar-refractivity contribution in [2.75, 3.05) is 7.11 Å². The van der Waals surface area contributed by atoms with Gasteiger partial charge in [-0.3, -0.25) is 0 Å². The van der Waals surface area contributed by atoms with E-state index in [4.69, 9.17) is 4.74 Å². The Morgan fingerprint density at radius 3 is 2.74 bits per heavy atom. The van der Waals surface area contributed by atoms with E-state index in [9.17, 15) is 5.11 Å². The molecule has 3 aromatic rings. The summed E-state index contributed by atoms with van der Waals surface area (Å²) in [5.74, 6) is 0.493. The van der Waals surface area contributed by atoms with Crippen molar-refractivity contribution in [2.45, 2.75) is 0 Å². The molecule has 3 rings (SSSR count). The number of benzene rings is 2. The number of para-hydroxylation sites is 1. The van der Waals surface area contributed by atoms with Crippen LogP contribution >= 0.6 is 27.3 Å². The van der Waals surface area contributed by atoms with Gasteiger partial charge in [-0.05, 0) is 24.3 Å². The van der Waals surface area contributed by atoms with Gasteiger partial charge < -0.3 is 9.84 Å². The second-order valence-electron chi connectivity index (χ2n) is 4.68. The third-order valence-corrected chi connectivity index (χ3v) is 4.47. The molecule has 6 heteroatoms. The van der Waals surface area contributed by atoms with Crippen LogP contribution in [0.2, 0.25) is 0 Å². The number of nitrogens with zero attached hydrogens (tertiary/aromatic N) is 2. The van der Waals surface area contributed by atoms with E-state index in [0.29, 0.717) is 16.4 Å². The summed E-state index contributed by atoms with van der Waals surface area (Å²) in [6.45, 7) is 0. The lowest BCUT2D eigenvalue weighted by molar-refractivity contribution is 0.373. The molecule has 1 aromatic heterocycles. The van der Waals surface area contributed by atoms with Crippen molar-refractivity contribution in [3.8, 4) is 22.8 Å². The summed E-state index contributed by atoms with van der Waals surface area (Å²) < 4.78 is 6.11. The summed E-state index contributed by atoms with van der Waals surface area (Å²) in [4.78, 5) is 8.82. The molecule has 0 fully saturated rings. The second-order valence-corrected chi connectivity index (χ2v) is 6.43. The van der Waals surface area contributed by atoms with E-state index in [1.54, 1.807) is 24.4 Å². The molecule has 1 N–H and O–H groups in total. The number of hydrogen-bond donors (Lipinski definition) is 1. The number of hydrogen-bond acceptors (Lipinski definition) is 5. The third-order valence-electron chi connectivity index (χ3n) is 3.20. The first-order valence-electron chi connectivity index (χ1n) is 6.79. The highest BCUT2D eigenvalue weighted by Gasteiger charge is 2.06. The quantitative estimate of drug-likeness (QED) is 0.637. The molecule has 0 spiro atoms. The van der Waals surface area contributed by atoms with E-state index >= 15 is 0 Å². The maximum Gasteiger partial charge on any atom is 0.209 e. The molecule has 0 radical (unpaired) electrons. The van der Waals surface area contributed by atoms with Gasteiger partial charge in [-0.15, -0.1) is 11.3 Å². The number of ether oxygens (including phenoxy) is 1. The SMILES string of the molecule is COc1cccc(/C=N/c2nc(-c3ccc(Br)cc3)cs2)c1O. The molecule has 0 saturated heterocycles. The summed E-state index contributed by atoms with van der Waals surface area (Å²) in [7, 11) is 1.52. The minimum Gasteiger partial charge on any atom is -0.504 e. The molecule has 0 aliphatic carbocycles. The van der Waals surface area contributed by atoms with Gasteiger partial charge in [-0.1, -0.05) is 34.1 Å². The summed E-state index contributed by atoms with van der Waals surface area (Å²) in [6.07, 6.45) is 1.59. The lowest BCUT2D eigenvalue weighted by Crippen LogP contribution is -1.88. The number of aromatic nitrogens is 1. The Morgan fingerprint density at radius 1 is 1.22 bits per heavy atom. The van der Waals surface area contributed by atoms with Crippen molar-refractivity contribution in [1.29, 1.82) is 0 Å². The van der Waals surface area contributed by atoms with Gasteiger partial charge in [0.1, 0.15) is 0 Å². The van der Waals surface area contributed by atoms with Crippen molar-refractivity contribution in [3.63, 3.8) is 0 Å². The Balaban J connectivity index is 1.83. The molecule has 4 nitrogen and oxygen atoms in total. The van der Waals surface area contributed by atoms with Crippen LogP contribution in [0.1, 0.15) is 5.56 Å². The largest absolute Gasteiger partial charge is 0.504 e. The number of methoxy groups -OCH3 is 1. The molecule has 0 atom stereocenters. The zero-order valence-corrected chi connectivity index (χ0v) is 14.6. The molecule has 1 heterocycles. The first kappa shape index (κ1) is 15.7. The van der Waals surface area contributed by atoms with E-state index in [0.717, 1.165) is 15.7 Å². The molecule has 0 amide bonds. The van der Waals surface area contributed by atoms with Crippen molar-refractivity contribution >= 4 is 38.6 Å². The maximum absolute atomic E-state index is 10.0. The molecule has 23 heavy (non-hydrogen) atoms. The fraction of sp³-hybridized carbons (Fsp3) is 0.0588. The zero-order valence-electron chi connectivity index (χ0n) is 12.2. The van der Waals surface area contributed by atoms with E-state index in [1.165, 1.54) is 18.4 Å². The van der Waals surface area contributed by atoms with E-state index in [-0.39, 0.29) is 5.75 Å². The van der Waals surface area contributed by atoms with Crippen molar-refractivity contribution in [1.82, 2.24) is 4.98 Å². The Kier molecular flexibility index (Phi) is 4.73. The minimum absolute atomic E-state index is 0.0726. The fourth-order valence-corrected chi connectivity index (χ4v) is 2.94. The van der Waals surface area contributed by atoms with Gasteiger partial charge in [0.05, 0.1) is 12.8 Å². The molecular weight excluding hydrogens is 376 g/mol. The zero-order chi connectivity index (χ0) is 16.2. The van der Waals surface area contributed by atoms with Crippen molar-refractivity contribution in [3.05, 3.63) is 57.9 Å². The lowest BCUT2D eigenvalue weighted by Gasteiger charge is -2.04. The lowest BCUT2D eigenvalue weighted by atomic mass is 10.2. The van der Waals surface area contributed by atoms with Gasteiger partial charge >= 0.3 is 0 Å². The molecule has 2 aromatic carbocycles. The third kappa shape index (κ3) is 3.60. The van der Waals surface area contributed by atoms with Crippen LogP contribution in [0.5, 0.6) is 11.5 Å². The number of halogens is 1. The summed E-state index contributed by atoms with van der Waals surface area (Å²) >= 11 is 4.87. The number of phenolic OH excluding ortho intramolecular Hbond substituents is 1. The average molecular weight is 389 g/mol. The van der Waals surface area contributed by atoms with Crippen LogP contribution in [0.4, 0.5) is 5.13 Å². The Bertz CT molecular complexity index is 844. The van der Waals surface area contributed by atoms with Gasteiger partial charge in [0.25, 0.3) is 0 Å². The molecule has 0 aliphatic heterocycles.